The zero-order valence-electron chi connectivity index (χ0n) is 20.9. The predicted molar refractivity (Wildman–Crippen MR) is 148 cm³/mol. The van der Waals surface area contributed by atoms with E-state index in [0.717, 1.165) is 28.0 Å². The Kier molecular flexibility index (Phi) is 8.27. The van der Waals surface area contributed by atoms with Crippen LogP contribution in [-0.4, -0.2) is 79.5 Å². The number of rotatable bonds is 10. The first-order valence-corrected chi connectivity index (χ1v) is 14.5. The molecule has 2 aliphatic rings. The van der Waals surface area contributed by atoms with Crippen molar-refractivity contribution in [1.29, 1.82) is 0 Å². The zero-order valence-corrected chi connectivity index (χ0v) is 23.3. The van der Waals surface area contributed by atoms with Crippen LogP contribution in [0, 0.1) is 0 Å². The van der Waals surface area contributed by atoms with Crippen LogP contribution in [-0.2, 0) is 19.2 Å². The number of β-lactam (4-membered cyclic amide) rings is 1. The Labute approximate surface area is 243 Å². The molecule has 3 amide bonds. The van der Waals surface area contributed by atoms with Gasteiger partial charge >= 0.3 is 5.97 Å². The third-order valence-corrected chi connectivity index (χ3v) is 8.80. The number of thiazole rings is 1. The van der Waals surface area contributed by atoms with E-state index in [2.05, 4.69) is 20.8 Å². The minimum absolute atomic E-state index is 0.0506. The first kappa shape index (κ1) is 28.2. The van der Waals surface area contributed by atoms with Gasteiger partial charge in [0.05, 0.1) is 12.5 Å². The first-order chi connectivity index (χ1) is 19.8. The second-order valence-corrected chi connectivity index (χ2v) is 11.2. The molecule has 1 saturated heterocycles. The van der Waals surface area contributed by atoms with Crippen LogP contribution in [0.5, 0.6) is 0 Å². The summed E-state index contributed by atoms with van der Waals surface area (Å²) < 4.78 is 10.1. The van der Waals surface area contributed by atoms with Crippen molar-refractivity contribution in [2.75, 3.05) is 23.9 Å². The van der Waals surface area contributed by atoms with Gasteiger partial charge in [0, 0.05) is 16.9 Å². The largest absolute Gasteiger partial charge is 0.477 e. The maximum Gasteiger partial charge on any atom is 0.352 e. The van der Waals surface area contributed by atoms with Crippen LogP contribution < -0.4 is 10.6 Å². The molecule has 2 aliphatic heterocycles. The highest BCUT2D eigenvalue weighted by Gasteiger charge is 2.54. The normalized spacial score (nSPS) is 18.4. The average molecular weight is 618 g/mol. The number of aliphatic carboxylic acids is 1. The number of nitrogens with zero attached hydrogens (tertiary/aromatic N) is 3. The Morgan fingerprint density at radius 2 is 1.95 bits per heavy atom. The van der Waals surface area contributed by atoms with E-state index in [-0.39, 0.29) is 50.4 Å². The molecule has 0 saturated carbocycles. The van der Waals surface area contributed by atoms with Crippen molar-refractivity contribution in [2.45, 2.75) is 11.4 Å². The highest BCUT2D eigenvalue weighted by molar-refractivity contribution is 8.14. The maximum atomic E-state index is 13.1. The second kappa shape index (κ2) is 12.0. The minimum Gasteiger partial charge on any atom is -0.477 e. The average Bonchev–Trinajstić information content (AvgIpc) is 3.76. The van der Waals surface area contributed by atoms with Gasteiger partial charge in [-0.25, -0.2) is 9.78 Å². The molecule has 0 unspecified atom stereocenters. The molecule has 1 fully saturated rings. The van der Waals surface area contributed by atoms with Gasteiger partial charge in [0.1, 0.15) is 29.9 Å². The van der Waals surface area contributed by atoms with Gasteiger partial charge in [-0.2, -0.15) is 0 Å². The number of amides is 3. The van der Waals surface area contributed by atoms with Gasteiger partial charge in [-0.3, -0.25) is 29.4 Å². The lowest BCUT2D eigenvalue weighted by atomic mass is 10.0. The predicted octanol–water partition coefficient (Wildman–Crippen LogP) is 2.24. The summed E-state index contributed by atoms with van der Waals surface area (Å²) in [5.74, 6) is -2.78. The zero-order chi connectivity index (χ0) is 29.1. The van der Waals surface area contributed by atoms with E-state index in [4.69, 9.17) is 13.7 Å². The lowest BCUT2D eigenvalue weighted by molar-refractivity contribution is -0.150. The Hall–Kier alpha value is -4.35. The van der Waals surface area contributed by atoms with Crippen molar-refractivity contribution in [1.82, 2.24) is 15.2 Å². The molecule has 0 bridgehead atoms. The van der Waals surface area contributed by atoms with Gasteiger partial charge in [-0.15, -0.1) is 23.1 Å². The summed E-state index contributed by atoms with van der Waals surface area (Å²) in [7, 11) is 1.23. The summed E-state index contributed by atoms with van der Waals surface area (Å²) in [5.41, 5.74) is 0.00810. The number of hydrogen-bond donors (Lipinski definition) is 3. The number of nitrogens with one attached hydrogen (secondary N) is 2. The fourth-order valence-corrected chi connectivity index (χ4v) is 6.89. The van der Waals surface area contributed by atoms with Crippen molar-refractivity contribution in [3.8, 4) is 0 Å². The van der Waals surface area contributed by atoms with Crippen molar-refractivity contribution in [3.63, 3.8) is 0 Å². The molecule has 5 heterocycles. The molecule has 0 aromatic carbocycles. The van der Waals surface area contributed by atoms with Gasteiger partial charge in [0.25, 0.3) is 22.8 Å². The summed E-state index contributed by atoms with van der Waals surface area (Å²) in [6.07, 6.45) is 2.71. The molecular formula is C24H19N5O9S3. The van der Waals surface area contributed by atoms with Gasteiger partial charge < -0.3 is 24.1 Å². The molecule has 3 N–H and O–H groups in total. The first-order valence-electron chi connectivity index (χ1n) is 11.6. The number of fused-ring (bicyclic) bond motifs is 1. The number of oxime groups is 1. The minimum atomic E-state index is -1.32. The summed E-state index contributed by atoms with van der Waals surface area (Å²) in [6.45, 7) is 0. The summed E-state index contributed by atoms with van der Waals surface area (Å²) >= 11 is 3.16. The van der Waals surface area contributed by atoms with Crippen LogP contribution in [0.4, 0.5) is 5.13 Å². The van der Waals surface area contributed by atoms with E-state index in [1.54, 1.807) is 12.1 Å². The van der Waals surface area contributed by atoms with Crippen molar-refractivity contribution >= 4 is 74.5 Å². The number of anilines is 1. The number of carbonyl (C=O) groups excluding carboxylic acids is 4. The fourth-order valence-electron chi connectivity index (χ4n) is 3.92. The summed E-state index contributed by atoms with van der Waals surface area (Å²) in [5, 5.41) is 19.3. The highest BCUT2D eigenvalue weighted by Crippen LogP contribution is 2.41. The standard InChI is InChI=1S/C24H19N5O9S3/c1-36-28-15(12-10-41-24(25-12)27-18(30)13-4-2-6-37-13)19(31)26-16-20(32)29-17(22(33)34)11(8-39-21(16)29)9-40-23(35)14-5-3-7-38-14/h2-7,10,16,21H,8-9H2,1H3,(H,26,31)(H,33,34)(H,25,27,30)/b28-15-/t16-,21-/m1/s1. The van der Waals surface area contributed by atoms with Crippen LogP contribution >= 0.6 is 34.9 Å². The molecule has 3 aromatic heterocycles. The van der Waals surface area contributed by atoms with Crippen LogP contribution in [0.1, 0.15) is 26.8 Å². The highest BCUT2D eigenvalue weighted by atomic mass is 32.2. The molecule has 3 aromatic rings. The van der Waals surface area contributed by atoms with Crippen molar-refractivity contribution in [3.05, 3.63) is 70.7 Å². The van der Waals surface area contributed by atoms with Crippen LogP contribution in [0.2, 0.25) is 0 Å². The van der Waals surface area contributed by atoms with E-state index in [0.29, 0.717) is 5.57 Å². The van der Waals surface area contributed by atoms with Crippen LogP contribution in [0.3, 0.4) is 0 Å². The molecular weight excluding hydrogens is 598 g/mol. The number of carbonyl (C=O) groups is 5. The molecule has 2 atom stereocenters. The third kappa shape index (κ3) is 5.77. The molecule has 17 heteroatoms. The van der Waals surface area contributed by atoms with Crippen molar-refractivity contribution in [2.24, 2.45) is 5.16 Å². The molecule has 0 radical (unpaired) electrons. The Bertz CT molecular complexity index is 1560. The lowest BCUT2D eigenvalue weighted by Gasteiger charge is -2.49. The topological polar surface area (TPSA) is 194 Å². The van der Waals surface area contributed by atoms with Crippen LogP contribution in [0.15, 0.2) is 67.4 Å². The van der Waals surface area contributed by atoms with E-state index in [9.17, 15) is 29.1 Å². The molecule has 5 rings (SSSR count). The smallest absolute Gasteiger partial charge is 0.352 e. The van der Waals surface area contributed by atoms with Gasteiger partial charge in [-0.05, 0) is 29.8 Å². The molecule has 0 aliphatic carbocycles. The Balaban J connectivity index is 1.26. The van der Waals surface area contributed by atoms with E-state index in [1.165, 1.54) is 48.9 Å². The SMILES string of the molecule is CO/N=C(\C(=O)N[C@@H]1C(=O)N2C(C(=O)O)=C(CSC(=O)c3ccco3)CS[C@H]12)c1csc(NC(=O)c2ccco2)n1. The van der Waals surface area contributed by atoms with Crippen LogP contribution in [0.25, 0.3) is 0 Å². The number of aromatic nitrogens is 1. The number of thioether (sulfide) groups is 2. The maximum absolute atomic E-state index is 13.1. The molecule has 212 valence electrons. The monoisotopic (exact) mass is 617 g/mol. The third-order valence-electron chi connectivity index (χ3n) is 5.75. The molecule has 0 spiro atoms. The Morgan fingerprint density at radius 1 is 1.22 bits per heavy atom. The van der Waals surface area contributed by atoms with E-state index in [1.807, 2.05) is 0 Å². The fraction of sp³-hybridized carbons (Fsp3) is 0.208. The van der Waals surface area contributed by atoms with Crippen molar-refractivity contribution < 1.29 is 42.8 Å². The number of carboxylic acid groups (broad SMARTS) is 1. The Morgan fingerprint density at radius 3 is 2.61 bits per heavy atom. The van der Waals surface area contributed by atoms with Gasteiger partial charge in [-0.1, -0.05) is 16.9 Å². The molecule has 41 heavy (non-hydrogen) atoms. The summed E-state index contributed by atoms with van der Waals surface area (Å²) in [6, 6.07) is 5.07. The summed E-state index contributed by atoms with van der Waals surface area (Å²) in [4.78, 5) is 72.9. The van der Waals surface area contributed by atoms with E-state index >= 15 is 0 Å². The second-order valence-electron chi connectivity index (χ2n) is 8.26. The number of hydrogen-bond acceptors (Lipinski definition) is 13. The quantitative estimate of drug-likeness (QED) is 0.171. The number of carboxylic acids is 1. The lowest BCUT2D eigenvalue weighted by Crippen LogP contribution is -2.71. The number of furan rings is 2. The van der Waals surface area contributed by atoms with Gasteiger partial charge in [0.15, 0.2) is 22.4 Å². The molecule has 14 nitrogen and oxygen atoms in total. The van der Waals surface area contributed by atoms with E-state index < -0.39 is 35.1 Å². The van der Waals surface area contributed by atoms with Gasteiger partial charge in [0.2, 0.25) is 0 Å².